The standard InChI is InChI=1S/C19H25N3O4S/c1-13-5-10-16(11-17(13)18(23)21-12-19(2,3)20)27(24,25)22-14-6-8-15(26-4)9-7-14/h5-11,22H,12,20H2,1-4H3,(H,21,23). The van der Waals surface area contributed by atoms with Crippen molar-refractivity contribution >= 4 is 21.6 Å². The zero-order chi connectivity index (χ0) is 20.2. The van der Waals surface area contributed by atoms with E-state index in [1.807, 2.05) is 0 Å². The smallest absolute Gasteiger partial charge is 0.261 e. The number of carbonyl (C=O) groups is 1. The van der Waals surface area contributed by atoms with Gasteiger partial charge in [0.1, 0.15) is 5.75 Å². The number of ether oxygens (including phenoxy) is 1. The lowest BCUT2D eigenvalue weighted by molar-refractivity contribution is 0.0945. The fourth-order valence-corrected chi connectivity index (χ4v) is 3.37. The van der Waals surface area contributed by atoms with Crippen molar-refractivity contribution in [2.75, 3.05) is 18.4 Å². The van der Waals surface area contributed by atoms with Crippen LogP contribution in [-0.4, -0.2) is 33.5 Å². The van der Waals surface area contributed by atoms with Crippen LogP contribution in [0.1, 0.15) is 29.8 Å². The van der Waals surface area contributed by atoms with Gasteiger partial charge in [-0.25, -0.2) is 8.42 Å². The molecule has 0 aliphatic heterocycles. The summed E-state index contributed by atoms with van der Waals surface area (Å²) in [7, 11) is -2.31. The Balaban J connectivity index is 2.25. The Labute approximate surface area is 160 Å². The molecule has 0 atom stereocenters. The Morgan fingerprint density at radius 1 is 1.15 bits per heavy atom. The molecule has 1 amide bonds. The number of nitrogens with two attached hydrogens (primary N) is 1. The number of benzene rings is 2. The second-order valence-electron chi connectivity index (χ2n) is 6.98. The molecule has 0 aliphatic carbocycles. The van der Waals surface area contributed by atoms with Gasteiger partial charge < -0.3 is 15.8 Å². The van der Waals surface area contributed by atoms with E-state index in [1.54, 1.807) is 51.1 Å². The molecule has 0 spiro atoms. The zero-order valence-electron chi connectivity index (χ0n) is 15.9. The van der Waals surface area contributed by atoms with Crippen LogP contribution in [0, 0.1) is 6.92 Å². The van der Waals surface area contributed by atoms with Crippen molar-refractivity contribution in [1.29, 1.82) is 0 Å². The predicted octanol–water partition coefficient (Wildman–Crippen LogP) is 2.27. The lowest BCUT2D eigenvalue weighted by atomic mass is 10.1. The van der Waals surface area contributed by atoms with Crippen LogP contribution in [0.2, 0.25) is 0 Å². The number of hydrogen-bond donors (Lipinski definition) is 3. The van der Waals surface area contributed by atoms with Gasteiger partial charge in [-0.1, -0.05) is 6.07 Å². The number of methoxy groups -OCH3 is 1. The number of anilines is 1. The van der Waals surface area contributed by atoms with Gasteiger partial charge in [-0.3, -0.25) is 9.52 Å². The van der Waals surface area contributed by atoms with E-state index in [2.05, 4.69) is 10.0 Å². The average molecular weight is 391 g/mol. The van der Waals surface area contributed by atoms with Crippen LogP contribution >= 0.6 is 0 Å². The summed E-state index contributed by atoms with van der Waals surface area (Å²) in [4.78, 5) is 12.4. The summed E-state index contributed by atoms with van der Waals surface area (Å²) >= 11 is 0. The highest BCUT2D eigenvalue weighted by Crippen LogP contribution is 2.21. The largest absolute Gasteiger partial charge is 0.497 e. The third-order valence-electron chi connectivity index (χ3n) is 3.81. The van der Waals surface area contributed by atoms with E-state index >= 15 is 0 Å². The molecule has 2 aromatic rings. The number of sulfonamides is 1. The molecule has 0 heterocycles. The van der Waals surface area contributed by atoms with E-state index in [9.17, 15) is 13.2 Å². The van der Waals surface area contributed by atoms with Crippen LogP contribution < -0.4 is 20.5 Å². The topological polar surface area (TPSA) is 111 Å². The highest BCUT2D eigenvalue weighted by atomic mass is 32.2. The van der Waals surface area contributed by atoms with Gasteiger partial charge in [-0.15, -0.1) is 0 Å². The lowest BCUT2D eigenvalue weighted by Gasteiger charge is -2.19. The van der Waals surface area contributed by atoms with E-state index in [-0.39, 0.29) is 22.9 Å². The summed E-state index contributed by atoms with van der Waals surface area (Å²) < 4.78 is 32.9. The van der Waals surface area contributed by atoms with Crippen LogP contribution in [-0.2, 0) is 10.0 Å². The molecule has 0 bridgehead atoms. The summed E-state index contributed by atoms with van der Waals surface area (Å²) in [5.41, 5.74) is 6.67. The van der Waals surface area contributed by atoms with Crippen molar-refractivity contribution in [3.8, 4) is 5.75 Å². The van der Waals surface area contributed by atoms with E-state index in [0.717, 1.165) is 0 Å². The molecule has 8 heteroatoms. The first-order valence-corrected chi connectivity index (χ1v) is 9.85. The molecule has 4 N–H and O–H groups in total. The molecule has 0 saturated carbocycles. The van der Waals surface area contributed by atoms with Gasteiger partial charge in [-0.2, -0.15) is 0 Å². The molecule has 2 aromatic carbocycles. The molecule has 0 aliphatic rings. The third kappa shape index (κ3) is 5.70. The van der Waals surface area contributed by atoms with Crippen LogP contribution in [0.5, 0.6) is 5.75 Å². The van der Waals surface area contributed by atoms with Crippen LogP contribution in [0.3, 0.4) is 0 Å². The molecular weight excluding hydrogens is 366 g/mol. The highest BCUT2D eigenvalue weighted by molar-refractivity contribution is 7.92. The molecule has 0 aromatic heterocycles. The molecule has 146 valence electrons. The number of aryl methyl sites for hydroxylation is 1. The zero-order valence-corrected chi connectivity index (χ0v) is 16.7. The molecule has 27 heavy (non-hydrogen) atoms. The molecule has 7 nitrogen and oxygen atoms in total. The van der Waals surface area contributed by atoms with Crippen LogP contribution in [0.15, 0.2) is 47.4 Å². The van der Waals surface area contributed by atoms with Gasteiger partial charge in [0.2, 0.25) is 0 Å². The summed E-state index contributed by atoms with van der Waals surface area (Å²) in [6.07, 6.45) is 0. The van der Waals surface area contributed by atoms with Gasteiger partial charge >= 0.3 is 0 Å². The molecule has 2 rings (SSSR count). The fourth-order valence-electron chi connectivity index (χ4n) is 2.29. The second kappa shape index (κ2) is 7.98. The number of carbonyl (C=O) groups excluding carboxylic acids is 1. The Morgan fingerprint density at radius 3 is 2.33 bits per heavy atom. The minimum Gasteiger partial charge on any atom is -0.497 e. The van der Waals surface area contributed by atoms with E-state index in [4.69, 9.17) is 10.5 Å². The minimum absolute atomic E-state index is 0.000997. The molecular formula is C19H25N3O4S. The predicted molar refractivity (Wildman–Crippen MR) is 106 cm³/mol. The molecule has 0 radical (unpaired) electrons. The maximum atomic E-state index is 12.7. The summed E-state index contributed by atoms with van der Waals surface area (Å²) in [6.45, 7) is 5.60. The minimum atomic E-state index is -3.84. The van der Waals surface area contributed by atoms with Crippen molar-refractivity contribution in [2.45, 2.75) is 31.2 Å². The first kappa shape index (κ1) is 20.7. The maximum Gasteiger partial charge on any atom is 0.261 e. The van der Waals surface area contributed by atoms with Gasteiger partial charge in [0, 0.05) is 23.3 Å². The highest BCUT2D eigenvalue weighted by Gasteiger charge is 2.19. The number of hydrogen-bond acceptors (Lipinski definition) is 5. The number of amides is 1. The normalized spacial score (nSPS) is 11.7. The maximum absolute atomic E-state index is 12.7. The van der Waals surface area contributed by atoms with Crippen LogP contribution in [0.4, 0.5) is 5.69 Å². The van der Waals surface area contributed by atoms with Crippen molar-refractivity contribution in [3.05, 3.63) is 53.6 Å². The molecule has 0 saturated heterocycles. The van der Waals surface area contributed by atoms with Crippen molar-refractivity contribution in [1.82, 2.24) is 5.32 Å². The van der Waals surface area contributed by atoms with Gasteiger partial charge in [-0.05, 0) is 62.7 Å². The quantitative estimate of drug-likeness (QED) is 0.671. The van der Waals surface area contributed by atoms with Crippen molar-refractivity contribution < 1.29 is 17.9 Å². The summed E-state index contributed by atoms with van der Waals surface area (Å²) in [5, 5.41) is 2.73. The Kier molecular flexibility index (Phi) is 6.12. The summed E-state index contributed by atoms with van der Waals surface area (Å²) in [5.74, 6) is 0.252. The second-order valence-corrected chi connectivity index (χ2v) is 8.66. The lowest BCUT2D eigenvalue weighted by Crippen LogP contribution is -2.45. The Bertz CT molecular complexity index is 917. The Hall–Kier alpha value is -2.58. The molecule has 0 unspecified atom stereocenters. The van der Waals surface area contributed by atoms with Gasteiger partial charge in [0.05, 0.1) is 12.0 Å². The van der Waals surface area contributed by atoms with E-state index in [0.29, 0.717) is 17.0 Å². The van der Waals surface area contributed by atoms with E-state index < -0.39 is 15.6 Å². The first-order valence-electron chi connectivity index (χ1n) is 8.36. The van der Waals surface area contributed by atoms with Crippen molar-refractivity contribution in [2.24, 2.45) is 5.73 Å². The number of nitrogens with one attached hydrogen (secondary N) is 2. The SMILES string of the molecule is COc1ccc(NS(=O)(=O)c2ccc(C)c(C(=O)NCC(C)(C)N)c2)cc1. The van der Waals surface area contributed by atoms with E-state index in [1.165, 1.54) is 19.2 Å². The summed E-state index contributed by atoms with van der Waals surface area (Å²) in [6, 6.07) is 10.9. The van der Waals surface area contributed by atoms with Crippen molar-refractivity contribution in [3.63, 3.8) is 0 Å². The third-order valence-corrected chi connectivity index (χ3v) is 5.19. The Morgan fingerprint density at radius 2 is 1.78 bits per heavy atom. The van der Waals surface area contributed by atoms with Crippen LogP contribution in [0.25, 0.3) is 0 Å². The molecule has 0 fully saturated rings. The number of rotatable bonds is 7. The monoisotopic (exact) mass is 391 g/mol. The first-order chi connectivity index (χ1) is 12.5. The van der Waals surface area contributed by atoms with Gasteiger partial charge in [0.15, 0.2) is 0 Å². The van der Waals surface area contributed by atoms with Gasteiger partial charge in [0.25, 0.3) is 15.9 Å². The average Bonchev–Trinajstić information content (AvgIpc) is 2.59. The fraction of sp³-hybridized carbons (Fsp3) is 0.316.